The Hall–Kier alpha value is -2.02. The average Bonchev–Trinajstić information content (AvgIpc) is 2.84. The second-order valence-corrected chi connectivity index (χ2v) is 5.10. The number of alkyl halides is 3. The minimum absolute atomic E-state index is 0.0299. The Morgan fingerprint density at radius 2 is 1.90 bits per heavy atom. The quantitative estimate of drug-likeness (QED) is 0.878. The number of rotatable bonds is 1. The molecule has 110 valence electrons. The van der Waals surface area contributed by atoms with Crippen molar-refractivity contribution >= 4 is 0 Å². The molecule has 1 aliphatic heterocycles. The first kappa shape index (κ1) is 13.9. The molecule has 7 heteroatoms. The summed E-state index contributed by atoms with van der Waals surface area (Å²) in [5.41, 5.74) is 1.75. The van der Waals surface area contributed by atoms with E-state index in [0.29, 0.717) is 17.9 Å². The number of hydrogen-bond acceptors (Lipinski definition) is 4. The van der Waals surface area contributed by atoms with Crippen molar-refractivity contribution in [1.29, 1.82) is 0 Å². The summed E-state index contributed by atoms with van der Waals surface area (Å²) in [6.45, 7) is 4.12. The molecule has 0 aliphatic carbocycles. The lowest BCUT2D eigenvalue weighted by molar-refractivity contribution is -0.141. The van der Waals surface area contributed by atoms with E-state index < -0.39 is 11.9 Å². The van der Waals surface area contributed by atoms with E-state index in [-0.39, 0.29) is 17.9 Å². The van der Waals surface area contributed by atoms with Crippen molar-refractivity contribution in [3.63, 3.8) is 0 Å². The number of hydrogen-bond donors (Lipinski definition) is 1. The third-order valence-electron chi connectivity index (χ3n) is 3.38. The first-order chi connectivity index (χ1) is 9.86. The van der Waals surface area contributed by atoms with Gasteiger partial charge in [0.25, 0.3) is 0 Å². The molecule has 0 atom stereocenters. The highest BCUT2D eigenvalue weighted by atomic mass is 19.4. The Kier molecular flexibility index (Phi) is 3.16. The van der Waals surface area contributed by atoms with E-state index in [4.69, 9.17) is 0 Å². The summed E-state index contributed by atoms with van der Waals surface area (Å²) in [7, 11) is 0. The van der Waals surface area contributed by atoms with Crippen LogP contribution in [-0.2, 0) is 19.3 Å². The maximum Gasteiger partial charge on any atom is 0.433 e. The highest BCUT2D eigenvalue weighted by molar-refractivity contribution is 5.56. The lowest BCUT2D eigenvalue weighted by atomic mass is 10.1. The summed E-state index contributed by atoms with van der Waals surface area (Å²) in [6.07, 6.45) is -2.89. The molecule has 0 bridgehead atoms. The number of aryl methyl sites for hydroxylation is 2. The van der Waals surface area contributed by atoms with Crippen LogP contribution in [0, 0.1) is 13.8 Å². The maximum absolute atomic E-state index is 13.2. The molecular weight excluding hydrogens is 281 g/mol. The van der Waals surface area contributed by atoms with Crippen LogP contribution in [0.2, 0.25) is 0 Å². The molecule has 0 saturated carbocycles. The summed E-state index contributed by atoms with van der Waals surface area (Å²) >= 11 is 0. The molecule has 1 N–H and O–H groups in total. The Labute approximate surface area is 119 Å². The van der Waals surface area contributed by atoms with Crippen LogP contribution in [-0.4, -0.2) is 15.0 Å². The van der Waals surface area contributed by atoms with Crippen molar-refractivity contribution in [1.82, 2.24) is 20.3 Å². The van der Waals surface area contributed by atoms with Crippen molar-refractivity contribution in [2.24, 2.45) is 0 Å². The van der Waals surface area contributed by atoms with Gasteiger partial charge in [-0.2, -0.15) is 13.2 Å². The first-order valence-electron chi connectivity index (χ1n) is 6.47. The minimum atomic E-state index is -4.49. The molecule has 0 aromatic carbocycles. The van der Waals surface area contributed by atoms with Gasteiger partial charge in [-0.25, -0.2) is 9.97 Å². The molecule has 3 rings (SSSR count). The first-order valence-corrected chi connectivity index (χ1v) is 6.47. The van der Waals surface area contributed by atoms with Crippen LogP contribution in [0.3, 0.4) is 0 Å². The third-order valence-corrected chi connectivity index (χ3v) is 3.38. The molecule has 4 nitrogen and oxygen atoms in total. The molecule has 21 heavy (non-hydrogen) atoms. The van der Waals surface area contributed by atoms with Crippen molar-refractivity contribution < 1.29 is 13.2 Å². The zero-order chi connectivity index (χ0) is 15.2. The fraction of sp³-hybridized carbons (Fsp3) is 0.357. The van der Waals surface area contributed by atoms with E-state index in [1.54, 1.807) is 13.1 Å². The second-order valence-electron chi connectivity index (χ2n) is 5.10. The van der Waals surface area contributed by atoms with Crippen LogP contribution >= 0.6 is 0 Å². The van der Waals surface area contributed by atoms with Crippen LogP contribution in [0.25, 0.3) is 11.5 Å². The molecule has 0 saturated heterocycles. The summed E-state index contributed by atoms with van der Waals surface area (Å²) in [5.74, 6) is 0.0299. The van der Waals surface area contributed by atoms with Gasteiger partial charge < -0.3 is 5.32 Å². The Morgan fingerprint density at radius 1 is 1.14 bits per heavy atom. The molecular formula is C14H13F3N4. The van der Waals surface area contributed by atoms with E-state index in [1.165, 1.54) is 0 Å². The number of pyridine rings is 1. The van der Waals surface area contributed by atoms with E-state index in [9.17, 15) is 13.2 Å². The smallest absolute Gasteiger partial charge is 0.307 e. The Balaban J connectivity index is 2.20. The van der Waals surface area contributed by atoms with Crippen molar-refractivity contribution in [3.8, 4) is 11.5 Å². The molecule has 0 radical (unpaired) electrons. The largest absolute Gasteiger partial charge is 0.433 e. The van der Waals surface area contributed by atoms with Crippen LogP contribution in [0.5, 0.6) is 0 Å². The van der Waals surface area contributed by atoms with E-state index in [2.05, 4.69) is 20.3 Å². The molecule has 0 spiro atoms. The topological polar surface area (TPSA) is 50.7 Å². The number of nitrogens with one attached hydrogen (secondary N) is 1. The van der Waals surface area contributed by atoms with Gasteiger partial charge in [-0.05, 0) is 25.0 Å². The standard InChI is InChI=1S/C14H13F3N4/c1-7-3-8(2)11(19-4-7)13-20-10-6-18-5-9(10)12(21-13)14(15,16)17/h3-4,18H,5-6H2,1-2H3. The normalized spacial score (nSPS) is 14.3. The van der Waals surface area contributed by atoms with Gasteiger partial charge in [0.05, 0.1) is 5.69 Å². The Morgan fingerprint density at radius 3 is 2.57 bits per heavy atom. The lowest BCUT2D eigenvalue weighted by Crippen LogP contribution is -2.15. The maximum atomic E-state index is 13.2. The molecule has 0 amide bonds. The minimum Gasteiger partial charge on any atom is -0.307 e. The zero-order valence-electron chi connectivity index (χ0n) is 11.5. The van der Waals surface area contributed by atoms with Crippen LogP contribution in [0.1, 0.15) is 28.1 Å². The fourth-order valence-electron chi connectivity index (χ4n) is 2.46. The second kappa shape index (κ2) is 4.77. The summed E-state index contributed by atoms with van der Waals surface area (Å²) < 4.78 is 39.5. The van der Waals surface area contributed by atoms with E-state index in [1.807, 2.05) is 13.0 Å². The van der Waals surface area contributed by atoms with Crippen molar-refractivity contribution in [2.45, 2.75) is 33.1 Å². The number of nitrogens with zero attached hydrogens (tertiary/aromatic N) is 3. The molecule has 3 heterocycles. The summed E-state index contributed by atoms with van der Waals surface area (Å²) in [4.78, 5) is 12.2. The number of aromatic nitrogens is 3. The van der Waals surface area contributed by atoms with E-state index in [0.717, 1.165) is 11.1 Å². The van der Waals surface area contributed by atoms with Crippen molar-refractivity contribution in [2.75, 3.05) is 0 Å². The monoisotopic (exact) mass is 294 g/mol. The summed E-state index contributed by atoms with van der Waals surface area (Å²) in [5, 5.41) is 2.88. The van der Waals surface area contributed by atoms with Crippen LogP contribution < -0.4 is 5.32 Å². The van der Waals surface area contributed by atoms with Gasteiger partial charge in [-0.1, -0.05) is 6.07 Å². The Bertz CT molecular complexity index is 710. The van der Waals surface area contributed by atoms with Crippen LogP contribution in [0.15, 0.2) is 12.3 Å². The zero-order valence-corrected chi connectivity index (χ0v) is 11.5. The number of halogens is 3. The molecule has 2 aromatic heterocycles. The average molecular weight is 294 g/mol. The molecule has 2 aromatic rings. The summed E-state index contributed by atoms with van der Waals surface area (Å²) in [6, 6.07) is 1.85. The van der Waals surface area contributed by atoms with Crippen LogP contribution in [0.4, 0.5) is 13.2 Å². The highest BCUT2D eigenvalue weighted by Crippen LogP contribution is 2.34. The van der Waals surface area contributed by atoms with Gasteiger partial charge in [0.15, 0.2) is 11.5 Å². The van der Waals surface area contributed by atoms with Gasteiger partial charge >= 0.3 is 6.18 Å². The van der Waals surface area contributed by atoms with Gasteiger partial charge in [-0.15, -0.1) is 0 Å². The molecule has 0 fully saturated rings. The van der Waals surface area contributed by atoms with Gasteiger partial charge in [0, 0.05) is 24.8 Å². The lowest BCUT2D eigenvalue weighted by Gasteiger charge is -2.13. The fourth-order valence-corrected chi connectivity index (χ4v) is 2.46. The SMILES string of the molecule is Cc1cnc(-c2nc3c(c(C(F)(F)F)n2)CNC3)c(C)c1. The predicted molar refractivity (Wildman–Crippen MR) is 70.3 cm³/mol. The van der Waals surface area contributed by atoms with Gasteiger partial charge in [-0.3, -0.25) is 4.98 Å². The van der Waals surface area contributed by atoms with E-state index >= 15 is 0 Å². The predicted octanol–water partition coefficient (Wildman–Crippen LogP) is 2.78. The van der Waals surface area contributed by atoms with Gasteiger partial charge in [0.2, 0.25) is 0 Å². The van der Waals surface area contributed by atoms with Gasteiger partial charge in [0.1, 0.15) is 5.69 Å². The molecule has 1 aliphatic rings. The third kappa shape index (κ3) is 2.49. The number of fused-ring (bicyclic) bond motifs is 1. The van der Waals surface area contributed by atoms with Crippen molar-refractivity contribution in [3.05, 3.63) is 40.3 Å². The molecule has 0 unspecified atom stereocenters. The highest BCUT2D eigenvalue weighted by Gasteiger charge is 2.38.